The molecule has 0 unspecified atom stereocenters. The molecule has 19 heavy (non-hydrogen) atoms. The molecule has 1 atom stereocenters. The fraction of sp³-hybridized carbons (Fsp3) is 0.312. The van der Waals surface area contributed by atoms with Crippen LogP contribution in [-0.4, -0.2) is 12.5 Å². The van der Waals surface area contributed by atoms with Gasteiger partial charge in [0.2, 0.25) is 0 Å². The summed E-state index contributed by atoms with van der Waals surface area (Å²) in [7, 11) is 0. The lowest BCUT2D eigenvalue weighted by atomic mass is 9.96. The van der Waals surface area contributed by atoms with Gasteiger partial charge in [0.05, 0.1) is 4.88 Å². The predicted octanol–water partition coefficient (Wildman–Crippen LogP) is 3.98. The van der Waals surface area contributed by atoms with Crippen LogP contribution in [-0.2, 0) is 0 Å². The molecule has 1 aromatic carbocycles. The van der Waals surface area contributed by atoms with Gasteiger partial charge in [0.15, 0.2) is 0 Å². The van der Waals surface area contributed by atoms with Crippen molar-refractivity contribution in [1.29, 1.82) is 0 Å². The third kappa shape index (κ3) is 3.44. The van der Waals surface area contributed by atoms with Gasteiger partial charge in [-0.3, -0.25) is 4.79 Å². The molecule has 0 fully saturated rings. The quantitative estimate of drug-likeness (QED) is 0.877. The van der Waals surface area contributed by atoms with Crippen molar-refractivity contribution in [2.45, 2.75) is 26.2 Å². The van der Waals surface area contributed by atoms with Gasteiger partial charge in [0.1, 0.15) is 0 Å². The average Bonchev–Trinajstić information content (AvgIpc) is 2.87. The molecule has 1 heterocycles. The summed E-state index contributed by atoms with van der Waals surface area (Å²) in [6.45, 7) is 4.82. The number of hydrogen-bond donors (Lipinski definition) is 1. The number of thiophene rings is 1. The second-order valence-corrected chi connectivity index (χ2v) is 5.57. The Morgan fingerprint density at radius 3 is 2.58 bits per heavy atom. The summed E-state index contributed by atoms with van der Waals surface area (Å²) in [5, 5.41) is 5.00. The Bertz CT molecular complexity index is 533. The molecule has 2 nitrogen and oxygen atoms in total. The zero-order valence-corrected chi connectivity index (χ0v) is 12.2. The molecule has 0 bridgehead atoms. The lowest BCUT2D eigenvalue weighted by Gasteiger charge is -2.16. The molecule has 0 saturated carbocycles. The molecule has 2 rings (SSSR count). The third-order valence-electron chi connectivity index (χ3n) is 3.34. The molecule has 2 aromatic rings. The van der Waals surface area contributed by atoms with E-state index in [1.165, 1.54) is 16.9 Å². The van der Waals surface area contributed by atoms with Gasteiger partial charge in [0.25, 0.3) is 5.91 Å². The summed E-state index contributed by atoms with van der Waals surface area (Å²) in [4.78, 5) is 12.9. The molecule has 100 valence electrons. The molecule has 0 aliphatic rings. The SMILES string of the molecule is CC[C@@H](CNC(=O)c1sccc1C)c1ccccc1. The summed E-state index contributed by atoms with van der Waals surface area (Å²) in [5.41, 5.74) is 2.34. The van der Waals surface area contributed by atoms with Gasteiger partial charge in [-0.15, -0.1) is 11.3 Å². The standard InChI is InChI=1S/C16H19NOS/c1-3-13(14-7-5-4-6-8-14)11-17-16(18)15-12(2)9-10-19-15/h4-10,13H,3,11H2,1-2H3,(H,17,18)/t13-/m0/s1. The number of nitrogens with one attached hydrogen (secondary N) is 1. The van der Waals surface area contributed by atoms with Crippen LogP contribution in [0.2, 0.25) is 0 Å². The van der Waals surface area contributed by atoms with E-state index >= 15 is 0 Å². The van der Waals surface area contributed by atoms with Crippen molar-refractivity contribution in [1.82, 2.24) is 5.32 Å². The maximum absolute atomic E-state index is 12.1. The van der Waals surface area contributed by atoms with Crippen LogP contribution >= 0.6 is 11.3 Å². The lowest BCUT2D eigenvalue weighted by Crippen LogP contribution is -2.28. The molecule has 0 saturated heterocycles. The first-order chi connectivity index (χ1) is 9.22. The molecule has 1 aromatic heterocycles. The number of rotatable bonds is 5. The Kier molecular flexibility index (Phi) is 4.74. The molecule has 1 amide bonds. The first-order valence-electron chi connectivity index (χ1n) is 6.59. The number of amides is 1. The van der Waals surface area contributed by atoms with Gasteiger partial charge >= 0.3 is 0 Å². The molecule has 3 heteroatoms. The Morgan fingerprint density at radius 2 is 2.00 bits per heavy atom. The molecule has 0 radical (unpaired) electrons. The predicted molar refractivity (Wildman–Crippen MR) is 80.9 cm³/mol. The van der Waals surface area contributed by atoms with Gasteiger partial charge in [-0.05, 0) is 35.9 Å². The van der Waals surface area contributed by atoms with Gasteiger partial charge < -0.3 is 5.32 Å². The third-order valence-corrected chi connectivity index (χ3v) is 4.36. The molecule has 1 N–H and O–H groups in total. The zero-order chi connectivity index (χ0) is 13.7. The van der Waals surface area contributed by atoms with Crippen molar-refractivity contribution in [3.8, 4) is 0 Å². The Hall–Kier alpha value is -1.61. The average molecular weight is 273 g/mol. The van der Waals surface area contributed by atoms with E-state index in [4.69, 9.17) is 0 Å². The van der Waals surface area contributed by atoms with Gasteiger partial charge in [-0.25, -0.2) is 0 Å². The highest BCUT2D eigenvalue weighted by atomic mass is 32.1. The van der Waals surface area contributed by atoms with Crippen LogP contribution in [0.1, 0.15) is 40.1 Å². The van der Waals surface area contributed by atoms with E-state index in [-0.39, 0.29) is 5.91 Å². The molecule has 0 aliphatic carbocycles. The van der Waals surface area contributed by atoms with Crippen LogP contribution in [0.5, 0.6) is 0 Å². The molecular formula is C16H19NOS. The fourth-order valence-electron chi connectivity index (χ4n) is 2.12. The summed E-state index contributed by atoms with van der Waals surface area (Å²) in [6.07, 6.45) is 1.02. The van der Waals surface area contributed by atoms with Crippen molar-refractivity contribution in [3.63, 3.8) is 0 Å². The van der Waals surface area contributed by atoms with E-state index < -0.39 is 0 Å². The minimum absolute atomic E-state index is 0.0434. The number of benzene rings is 1. The van der Waals surface area contributed by atoms with Crippen LogP contribution in [0.25, 0.3) is 0 Å². The Morgan fingerprint density at radius 1 is 1.26 bits per heavy atom. The number of carbonyl (C=O) groups excluding carboxylic acids is 1. The second kappa shape index (κ2) is 6.53. The summed E-state index contributed by atoms with van der Waals surface area (Å²) < 4.78 is 0. The number of aryl methyl sites for hydroxylation is 1. The lowest BCUT2D eigenvalue weighted by molar-refractivity contribution is 0.0954. The normalized spacial score (nSPS) is 12.1. The highest BCUT2D eigenvalue weighted by molar-refractivity contribution is 7.12. The molecule has 0 spiro atoms. The van der Waals surface area contributed by atoms with Crippen molar-refractivity contribution in [2.24, 2.45) is 0 Å². The van der Waals surface area contributed by atoms with Gasteiger partial charge in [0, 0.05) is 12.5 Å². The largest absolute Gasteiger partial charge is 0.351 e. The fourth-order valence-corrected chi connectivity index (χ4v) is 2.97. The topological polar surface area (TPSA) is 29.1 Å². The van der Waals surface area contributed by atoms with Gasteiger partial charge in [-0.2, -0.15) is 0 Å². The Balaban J connectivity index is 1.98. The molecular weight excluding hydrogens is 254 g/mol. The second-order valence-electron chi connectivity index (χ2n) is 4.66. The van der Waals surface area contributed by atoms with Crippen molar-refractivity contribution >= 4 is 17.2 Å². The van der Waals surface area contributed by atoms with E-state index in [0.29, 0.717) is 12.5 Å². The smallest absolute Gasteiger partial charge is 0.261 e. The van der Waals surface area contributed by atoms with Crippen LogP contribution in [0.15, 0.2) is 41.8 Å². The summed E-state index contributed by atoms with van der Waals surface area (Å²) in [6, 6.07) is 12.3. The highest BCUT2D eigenvalue weighted by Gasteiger charge is 2.13. The van der Waals surface area contributed by atoms with Crippen molar-refractivity contribution in [3.05, 3.63) is 57.8 Å². The zero-order valence-electron chi connectivity index (χ0n) is 11.3. The number of carbonyl (C=O) groups is 1. The molecule has 0 aliphatic heterocycles. The minimum atomic E-state index is 0.0434. The van der Waals surface area contributed by atoms with Crippen molar-refractivity contribution < 1.29 is 4.79 Å². The Labute approximate surface area is 118 Å². The maximum Gasteiger partial charge on any atom is 0.261 e. The van der Waals surface area contributed by atoms with Crippen molar-refractivity contribution in [2.75, 3.05) is 6.54 Å². The van der Waals surface area contributed by atoms with E-state index in [9.17, 15) is 4.79 Å². The first-order valence-corrected chi connectivity index (χ1v) is 7.47. The van der Waals surface area contributed by atoms with E-state index in [1.807, 2.05) is 36.6 Å². The first kappa shape index (κ1) is 13.8. The highest BCUT2D eigenvalue weighted by Crippen LogP contribution is 2.19. The maximum atomic E-state index is 12.1. The minimum Gasteiger partial charge on any atom is -0.351 e. The number of hydrogen-bond acceptors (Lipinski definition) is 2. The summed E-state index contributed by atoms with van der Waals surface area (Å²) in [5.74, 6) is 0.423. The monoisotopic (exact) mass is 273 g/mol. The van der Waals surface area contributed by atoms with Crippen LogP contribution < -0.4 is 5.32 Å². The van der Waals surface area contributed by atoms with E-state index in [1.54, 1.807) is 0 Å². The van der Waals surface area contributed by atoms with E-state index in [2.05, 4.69) is 24.4 Å². The van der Waals surface area contributed by atoms with Crippen LogP contribution in [0, 0.1) is 6.92 Å². The van der Waals surface area contributed by atoms with E-state index in [0.717, 1.165) is 16.9 Å². The van der Waals surface area contributed by atoms with Crippen LogP contribution in [0.4, 0.5) is 0 Å². The van der Waals surface area contributed by atoms with Crippen LogP contribution in [0.3, 0.4) is 0 Å². The summed E-state index contributed by atoms with van der Waals surface area (Å²) >= 11 is 1.50. The van der Waals surface area contributed by atoms with Gasteiger partial charge in [-0.1, -0.05) is 37.3 Å².